The molecule has 7 heteroatoms. The van der Waals surface area contributed by atoms with Crippen LogP contribution in [0.3, 0.4) is 0 Å². The fourth-order valence-corrected chi connectivity index (χ4v) is 6.89. The van der Waals surface area contributed by atoms with E-state index < -0.39 is 14.2 Å². The summed E-state index contributed by atoms with van der Waals surface area (Å²) in [5.74, 6) is -0.597. The van der Waals surface area contributed by atoms with E-state index in [1.165, 1.54) is 4.90 Å². The van der Waals surface area contributed by atoms with E-state index in [9.17, 15) is 14.4 Å². The zero-order valence-corrected chi connectivity index (χ0v) is 22.5. The monoisotopic (exact) mass is 495 g/mol. The second-order valence-electron chi connectivity index (χ2n) is 10.9. The van der Waals surface area contributed by atoms with Gasteiger partial charge in [-0.15, -0.1) is 0 Å². The number of rotatable bonds is 9. The Morgan fingerprint density at radius 1 is 1.00 bits per heavy atom. The number of esters is 1. The minimum Gasteiger partial charge on any atom is -0.461 e. The molecule has 2 amide bonds. The maximum Gasteiger partial charge on any atom is 0.416 e. The Balaban J connectivity index is 1.73. The Labute approximate surface area is 209 Å². The lowest BCUT2D eigenvalue weighted by atomic mass is 10.1. The summed E-state index contributed by atoms with van der Waals surface area (Å²) in [6.45, 7) is 11.3. The van der Waals surface area contributed by atoms with Crippen LogP contribution in [-0.4, -0.2) is 43.6 Å². The van der Waals surface area contributed by atoms with Crippen molar-refractivity contribution in [1.82, 2.24) is 4.90 Å². The normalized spacial score (nSPS) is 17.1. The zero-order valence-electron chi connectivity index (χ0n) is 21.5. The van der Waals surface area contributed by atoms with E-state index in [-0.39, 0.29) is 54.6 Å². The predicted octanol–water partition coefficient (Wildman–Crippen LogP) is 5.98. The van der Waals surface area contributed by atoms with Crippen molar-refractivity contribution >= 4 is 26.0 Å². The summed E-state index contributed by atoms with van der Waals surface area (Å²) < 4.78 is 10.8. The molecule has 2 atom stereocenters. The first-order valence-electron chi connectivity index (χ1n) is 12.2. The zero-order chi connectivity index (χ0) is 25.6. The Kier molecular flexibility index (Phi) is 8.54. The lowest BCUT2D eigenvalue weighted by Crippen LogP contribution is -2.47. The molecule has 0 N–H and O–H groups in total. The molecule has 0 bridgehead atoms. The van der Waals surface area contributed by atoms with Crippen LogP contribution in [0.5, 0.6) is 0 Å². The number of nitrogens with zero attached hydrogens (tertiary/aromatic N) is 1. The third kappa shape index (κ3) is 6.81. The average molecular weight is 496 g/mol. The van der Waals surface area contributed by atoms with Crippen molar-refractivity contribution in [2.45, 2.75) is 76.4 Å². The Morgan fingerprint density at radius 3 is 2.14 bits per heavy atom. The van der Waals surface area contributed by atoms with Gasteiger partial charge in [0, 0.05) is 12.8 Å². The topological polar surface area (TPSA) is 72.9 Å². The van der Waals surface area contributed by atoms with Gasteiger partial charge in [-0.3, -0.25) is 9.59 Å². The molecule has 0 saturated carbocycles. The van der Waals surface area contributed by atoms with Crippen molar-refractivity contribution in [3.05, 3.63) is 71.8 Å². The van der Waals surface area contributed by atoms with Crippen molar-refractivity contribution in [1.29, 1.82) is 0 Å². The number of amides is 2. The van der Waals surface area contributed by atoms with Crippen LogP contribution in [0.4, 0.5) is 4.79 Å². The Bertz CT molecular complexity index is 1020. The van der Waals surface area contributed by atoms with Gasteiger partial charge < -0.3 is 9.47 Å². The number of carbonyl (C=O) groups is 3. The molecule has 1 heterocycles. The lowest BCUT2D eigenvalue weighted by molar-refractivity contribution is -0.145. The quantitative estimate of drug-likeness (QED) is 0.316. The minimum atomic E-state index is -2.14. The first-order chi connectivity index (χ1) is 16.5. The fourth-order valence-electron chi connectivity index (χ4n) is 4.30. The van der Waals surface area contributed by atoms with Crippen molar-refractivity contribution in [3.63, 3.8) is 0 Å². The largest absolute Gasteiger partial charge is 0.461 e. The summed E-state index contributed by atoms with van der Waals surface area (Å²) in [6.07, 6.45) is 0.220. The highest BCUT2D eigenvalue weighted by atomic mass is 28.3. The maximum absolute atomic E-state index is 13.5. The van der Waals surface area contributed by atoms with Crippen molar-refractivity contribution in [2.24, 2.45) is 0 Å². The highest BCUT2D eigenvalue weighted by molar-refractivity contribution is 6.81. The molecule has 6 nitrogen and oxygen atoms in total. The smallest absolute Gasteiger partial charge is 0.416 e. The molecular weight excluding hydrogens is 458 g/mol. The average Bonchev–Trinajstić information content (AvgIpc) is 3.17. The van der Waals surface area contributed by atoms with E-state index in [0.717, 1.165) is 11.1 Å². The highest BCUT2D eigenvalue weighted by Crippen LogP contribution is 2.47. The molecule has 35 heavy (non-hydrogen) atoms. The molecule has 0 unspecified atom stereocenters. The Hall–Kier alpha value is -2.93. The van der Waals surface area contributed by atoms with Crippen LogP contribution < -0.4 is 0 Å². The molecule has 1 aliphatic rings. The van der Waals surface area contributed by atoms with E-state index in [4.69, 9.17) is 9.47 Å². The highest BCUT2D eigenvalue weighted by Gasteiger charge is 2.46. The van der Waals surface area contributed by atoms with Gasteiger partial charge in [0.1, 0.15) is 13.2 Å². The third-order valence-electron chi connectivity index (χ3n) is 7.57. The van der Waals surface area contributed by atoms with Gasteiger partial charge in [0.15, 0.2) is 0 Å². The van der Waals surface area contributed by atoms with Crippen LogP contribution in [-0.2, 0) is 32.1 Å². The van der Waals surface area contributed by atoms with Gasteiger partial charge in [-0.1, -0.05) is 94.5 Å². The van der Waals surface area contributed by atoms with Gasteiger partial charge in [0.05, 0.1) is 14.1 Å². The molecule has 1 aliphatic heterocycles. The maximum atomic E-state index is 13.5. The van der Waals surface area contributed by atoms with Crippen LogP contribution in [0, 0.1) is 0 Å². The van der Waals surface area contributed by atoms with Crippen LogP contribution >= 0.6 is 0 Å². The summed E-state index contributed by atoms with van der Waals surface area (Å²) in [5, 5.41) is -0.0490. The number of benzene rings is 2. The van der Waals surface area contributed by atoms with Gasteiger partial charge in [-0.05, 0) is 28.1 Å². The van der Waals surface area contributed by atoms with Crippen LogP contribution in [0.15, 0.2) is 60.7 Å². The molecule has 1 saturated heterocycles. The van der Waals surface area contributed by atoms with Gasteiger partial charge >= 0.3 is 12.1 Å². The van der Waals surface area contributed by atoms with Gasteiger partial charge in [-0.2, -0.15) is 0 Å². The molecular formula is C28H37NO5Si. The standard InChI is InChI=1S/C28H37NO5Si/c1-28(2,3)35(4,5)24(18-26(31)33-19-22-14-10-7-11-15-22)17-25(30)29-23(20-34-27(29)32)16-21-12-8-6-9-13-21/h6-15,23-24H,16-20H2,1-5H3/t23-,24+/m0/s1. The molecule has 0 radical (unpaired) electrons. The van der Waals surface area contributed by atoms with Crippen molar-refractivity contribution in [2.75, 3.05) is 6.61 Å². The van der Waals surface area contributed by atoms with E-state index in [2.05, 4.69) is 33.9 Å². The van der Waals surface area contributed by atoms with Crippen LogP contribution in [0.1, 0.15) is 44.7 Å². The first kappa shape index (κ1) is 26.7. The summed E-state index contributed by atoms with van der Waals surface area (Å²) in [7, 11) is -2.14. The molecule has 188 valence electrons. The number of hydrogen-bond donors (Lipinski definition) is 0. The second kappa shape index (κ2) is 11.2. The molecule has 3 rings (SSSR count). The number of ether oxygens (including phenoxy) is 2. The fraction of sp³-hybridized carbons (Fsp3) is 0.464. The third-order valence-corrected chi connectivity index (χ3v) is 13.9. The van der Waals surface area contributed by atoms with Crippen molar-refractivity contribution in [3.8, 4) is 0 Å². The Morgan fingerprint density at radius 2 is 1.57 bits per heavy atom. The first-order valence-corrected chi connectivity index (χ1v) is 15.3. The van der Waals surface area contributed by atoms with Gasteiger partial charge in [-0.25, -0.2) is 9.69 Å². The summed E-state index contributed by atoms with van der Waals surface area (Å²) >= 11 is 0. The minimum absolute atomic E-state index is 0.0490. The number of cyclic esters (lactones) is 1. The number of carbonyl (C=O) groups excluding carboxylic acids is 3. The molecule has 1 fully saturated rings. The van der Waals surface area contributed by atoms with Crippen molar-refractivity contribution < 1.29 is 23.9 Å². The van der Waals surface area contributed by atoms with Crippen LogP contribution in [0.2, 0.25) is 23.7 Å². The molecule has 2 aromatic rings. The molecule has 2 aromatic carbocycles. The number of imide groups is 1. The summed E-state index contributed by atoms with van der Waals surface area (Å²) in [6, 6.07) is 19.0. The summed E-state index contributed by atoms with van der Waals surface area (Å²) in [4.78, 5) is 40.1. The van der Waals surface area contributed by atoms with E-state index >= 15 is 0 Å². The SMILES string of the molecule is CC(C)(C)[Si](C)(C)[C@@H](CC(=O)OCc1ccccc1)CC(=O)N1C(=O)OC[C@@H]1Cc1ccccc1. The summed E-state index contributed by atoms with van der Waals surface area (Å²) in [5.41, 5.74) is 1.78. The lowest BCUT2D eigenvalue weighted by Gasteiger charge is -2.43. The molecule has 0 spiro atoms. The second-order valence-corrected chi connectivity index (χ2v) is 16.7. The number of hydrogen-bond acceptors (Lipinski definition) is 5. The van der Waals surface area contributed by atoms with E-state index in [1.807, 2.05) is 60.7 Å². The van der Waals surface area contributed by atoms with E-state index in [1.54, 1.807) is 0 Å². The van der Waals surface area contributed by atoms with Crippen LogP contribution in [0.25, 0.3) is 0 Å². The molecule has 0 aliphatic carbocycles. The van der Waals surface area contributed by atoms with E-state index in [0.29, 0.717) is 6.42 Å². The molecule has 0 aromatic heterocycles. The van der Waals surface area contributed by atoms with Gasteiger partial charge in [0.2, 0.25) is 5.91 Å². The van der Waals surface area contributed by atoms with Gasteiger partial charge in [0.25, 0.3) is 0 Å². The predicted molar refractivity (Wildman–Crippen MR) is 139 cm³/mol.